The van der Waals surface area contributed by atoms with Gasteiger partial charge < -0.3 is 20.1 Å². The van der Waals surface area contributed by atoms with E-state index in [1.165, 1.54) is 11.3 Å². The fourth-order valence-electron chi connectivity index (χ4n) is 2.47. The fraction of sp³-hybridized carbons (Fsp3) is 0.375. The molecular formula is C16H19N3O3S. The summed E-state index contributed by atoms with van der Waals surface area (Å²) in [6, 6.07) is 7.07. The van der Waals surface area contributed by atoms with Crippen LogP contribution in [-0.4, -0.2) is 40.2 Å². The second kappa shape index (κ2) is 7.43. The average Bonchev–Trinajstić information content (AvgIpc) is 3.07. The number of nitrogens with zero attached hydrogens (tertiary/aromatic N) is 2. The minimum atomic E-state index is -0.428. The summed E-state index contributed by atoms with van der Waals surface area (Å²) in [5, 5.41) is 14.4. The second-order valence-electron chi connectivity index (χ2n) is 5.47. The van der Waals surface area contributed by atoms with E-state index in [-0.39, 0.29) is 6.03 Å². The van der Waals surface area contributed by atoms with Gasteiger partial charge in [0.2, 0.25) is 0 Å². The Morgan fingerprint density at radius 2 is 2.43 bits per heavy atom. The number of urea groups is 1. The summed E-state index contributed by atoms with van der Waals surface area (Å²) >= 11 is 1.53. The van der Waals surface area contributed by atoms with Gasteiger partial charge in [-0.05, 0) is 25.0 Å². The molecule has 6 nitrogen and oxygen atoms in total. The van der Waals surface area contributed by atoms with Crippen LogP contribution < -0.4 is 10.1 Å². The van der Waals surface area contributed by atoms with Crippen molar-refractivity contribution in [2.75, 3.05) is 18.4 Å². The van der Waals surface area contributed by atoms with Gasteiger partial charge in [0.1, 0.15) is 12.4 Å². The smallest absolute Gasteiger partial charge is 0.321 e. The standard InChI is InChI=1S/C16H19N3O3S/c20-14-4-2-6-19(8-14)16(21)18-12-3-1-5-15(7-12)22-9-13-10-23-11-17-13/h1,3,5,7,10-11,14,20H,2,4,6,8-9H2,(H,18,21)/t14-/m1/s1. The third-order valence-electron chi connectivity index (χ3n) is 3.64. The second-order valence-corrected chi connectivity index (χ2v) is 6.19. The Kier molecular flexibility index (Phi) is 5.09. The third-order valence-corrected chi connectivity index (χ3v) is 4.27. The largest absolute Gasteiger partial charge is 0.487 e. The number of aliphatic hydroxyl groups is 1. The van der Waals surface area contributed by atoms with Crippen LogP contribution in [0.3, 0.4) is 0 Å². The Bertz CT molecular complexity index is 648. The highest BCUT2D eigenvalue weighted by Gasteiger charge is 2.22. The van der Waals surface area contributed by atoms with Crippen LogP contribution >= 0.6 is 11.3 Å². The molecule has 1 aliphatic rings. The van der Waals surface area contributed by atoms with Gasteiger partial charge in [0.15, 0.2) is 0 Å². The third kappa shape index (κ3) is 4.43. The van der Waals surface area contributed by atoms with Gasteiger partial charge in [0.05, 0.1) is 17.3 Å². The molecule has 0 bridgehead atoms. The Morgan fingerprint density at radius 3 is 3.22 bits per heavy atom. The van der Waals surface area contributed by atoms with E-state index in [1.54, 1.807) is 16.5 Å². The number of carbonyl (C=O) groups excluding carboxylic acids is 1. The quantitative estimate of drug-likeness (QED) is 0.902. The van der Waals surface area contributed by atoms with Crippen molar-refractivity contribution in [1.29, 1.82) is 0 Å². The fourth-order valence-corrected chi connectivity index (χ4v) is 3.01. The molecule has 2 aromatic rings. The Hall–Kier alpha value is -2.12. The van der Waals surface area contributed by atoms with E-state index in [0.717, 1.165) is 18.5 Å². The van der Waals surface area contributed by atoms with Gasteiger partial charge in [-0.2, -0.15) is 0 Å². The lowest BCUT2D eigenvalue weighted by molar-refractivity contribution is 0.0883. The molecule has 1 saturated heterocycles. The number of aromatic nitrogens is 1. The number of benzene rings is 1. The maximum Gasteiger partial charge on any atom is 0.321 e. The number of ether oxygens (including phenoxy) is 1. The predicted molar refractivity (Wildman–Crippen MR) is 88.7 cm³/mol. The number of amides is 2. The van der Waals surface area contributed by atoms with Crippen LogP contribution in [-0.2, 0) is 6.61 Å². The maximum absolute atomic E-state index is 12.2. The van der Waals surface area contributed by atoms with Crippen molar-refractivity contribution in [1.82, 2.24) is 9.88 Å². The van der Waals surface area contributed by atoms with Gasteiger partial charge in [0.25, 0.3) is 0 Å². The lowest BCUT2D eigenvalue weighted by Crippen LogP contribution is -2.44. The first-order valence-electron chi connectivity index (χ1n) is 7.54. The van der Waals surface area contributed by atoms with Crippen LogP contribution in [0, 0.1) is 0 Å². The summed E-state index contributed by atoms with van der Waals surface area (Å²) in [7, 11) is 0. The number of anilines is 1. The summed E-state index contributed by atoms with van der Waals surface area (Å²) < 4.78 is 5.67. The van der Waals surface area contributed by atoms with Gasteiger partial charge in [-0.1, -0.05) is 6.07 Å². The summed E-state index contributed by atoms with van der Waals surface area (Å²) in [5.41, 5.74) is 3.32. The zero-order valence-electron chi connectivity index (χ0n) is 12.6. The molecule has 2 N–H and O–H groups in total. The minimum Gasteiger partial charge on any atom is -0.487 e. The predicted octanol–water partition coefficient (Wildman–Crippen LogP) is 2.71. The van der Waals surface area contributed by atoms with E-state index in [9.17, 15) is 9.90 Å². The topological polar surface area (TPSA) is 74.7 Å². The molecule has 1 atom stereocenters. The van der Waals surface area contributed by atoms with E-state index < -0.39 is 6.10 Å². The molecule has 1 aromatic heterocycles. The Morgan fingerprint density at radius 1 is 1.52 bits per heavy atom. The molecule has 0 radical (unpaired) electrons. The highest BCUT2D eigenvalue weighted by molar-refractivity contribution is 7.07. The summed E-state index contributed by atoms with van der Waals surface area (Å²) in [6.07, 6.45) is 1.15. The van der Waals surface area contributed by atoms with Crippen molar-refractivity contribution >= 4 is 23.1 Å². The van der Waals surface area contributed by atoms with Crippen molar-refractivity contribution in [2.24, 2.45) is 0 Å². The van der Waals surface area contributed by atoms with Crippen molar-refractivity contribution in [3.8, 4) is 5.75 Å². The minimum absolute atomic E-state index is 0.194. The van der Waals surface area contributed by atoms with E-state index in [4.69, 9.17) is 4.74 Å². The lowest BCUT2D eigenvalue weighted by atomic mass is 10.1. The molecule has 0 unspecified atom stereocenters. The number of aliphatic hydroxyl groups excluding tert-OH is 1. The maximum atomic E-state index is 12.2. The first kappa shape index (κ1) is 15.8. The molecule has 1 aromatic carbocycles. The zero-order chi connectivity index (χ0) is 16.1. The van der Waals surface area contributed by atoms with Crippen LogP contribution in [0.25, 0.3) is 0 Å². The highest BCUT2D eigenvalue weighted by atomic mass is 32.1. The lowest BCUT2D eigenvalue weighted by Gasteiger charge is -2.30. The molecule has 23 heavy (non-hydrogen) atoms. The van der Waals surface area contributed by atoms with Crippen LogP contribution in [0.1, 0.15) is 18.5 Å². The number of thiazole rings is 1. The number of hydrogen-bond donors (Lipinski definition) is 2. The number of carbonyl (C=O) groups is 1. The molecule has 122 valence electrons. The van der Waals surface area contributed by atoms with Crippen LogP contribution in [0.15, 0.2) is 35.2 Å². The SMILES string of the molecule is O=C(Nc1cccc(OCc2cscn2)c1)N1CCC[C@@H](O)C1. The molecule has 2 amide bonds. The van der Waals surface area contributed by atoms with Crippen LogP contribution in [0.4, 0.5) is 10.5 Å². The van der Waals surface area contributed by atoms with E-state index in [0.29, 0.717) is 31.1 Å². The summed E-state index contributed by atoms with van der Waals surface area (Å²) in [6.45, 7) is 1.45. The van der Waals surface area contributed by atoms with Gasteiger partial charge in [-0.15, -0.1) is 11.3 Å². The molecule has 1 fully saturated rings. The highest BCUT2D eigenvalue weighted by Crippen LogP contribution is 2.20. The first-order valence-corrected chi connectivity index (χ1v) is 8.49. The van der Waals surface area contributed by atoms with E-state index in [1.807, 2.05) is 23.6 Å². The number of β-amino-alcohol motifs (C(OH)–C–C–N with tert-alkyl or cyclic N) is 1. The molecule has 2 heterocycles. The Balaban J connectivity index is 1.57. The van der Waals surface area contributed by atoms with E-state index >= 15 is 0 Å². The van der Waals surface area contributed by atoms with Crippen molar-refractivity contribution in [3.63, 3.8) is 0 Å². The number of likely N-dealkylation sites (tertiary alicyclic amines) is 1. The molecule has 7 heteroatoms. The van der Waals surface area contributed by atoms with Crippen molar-refractivity contribution in [2.45, 2.75) is 25.6 Å². The normalized spacial score (nSPS) is 17.8. The Labute approximate surface area is 138 Å². The van der Waals surface area contributed by atoms with Gasteiger partial charge in [-0.3, -0.25) is 0 Å². The average molecular weight is 333 g/mol. The molecule has 3 rings (SSSR count). The number of nitrogens with one attached hydrogen (secondary N) is 1. The zero-order valence-corrected chi connectivity index (χ0v) is 13.5. The summed E-state index contributed by atoms with van der Waals surface area (Å²) in [4.78, 5) is 18.0. The number of hydrogen-bond acceptors (Lipinski definition) is 5. The molecule has 1 aliphatic heterocycles. The molecular weight excluding hydrogens is 314 g/mol. The van der Waals surface area contributed by atoms with Crippen LogP contribution in [0.5, 0.6) is 5.75 Å². The number of rotatable bonds is 4. The van der Waals surface area contributed by atoms with E-state index in [2.05, 4.69) is 10.3 Å². The molecule has 0 saturated carbocycles. The van der Waals surface area contributed by atoms with Gasteiger partial charge >= 0.3 is 6.03 Å². The van der Waals surface area contributed by atoms with Crippen molar-refractivity contribution in [3.05, 3.63) is 40.8 Å². The van der Waals surface area contributed by atoms with Crippen molar-refractivity contribution < 1.29 is 14.6 Å². The summed E-state index contributed by atoms with van der Waals surface area (Å²) in [5.74, 6) is 0.675. The monoisotopic (exact) mass is 333 g/mol. The molecule has 0 spiro atoms. The number of piperidine rings is 1. The van der Waals surface area contributed by atoms with Gasteiger partial charge in [-0.25, -0.2) is 9.78 Å². The van der Waals surface area contributed by atoms with Crippen LogP contribution in [0.2, 0.25) is 0 Å². The first-order chi connectivity index (χ1) is 11.2. The van der Waals surface area contributed by atoms with Gasteiger partial charge in [0, 0.05) is 30.2 Å². The molecule has 0 aliphatic carbocycles.